The van der Waals surface area contributed by atoms with Crippen molar-refractivity contribution in [3.63, 3.8) is 0 Å². The van der Waals surface area contributed by atoms with E-state index < -0.39 is 20.7 Å². The van der Waals surface area contributed by atoms with E-state index in [1.54, 1.807) is 29.3 Å². The number of carbonyl (C=O) groups excluding carboxylic acids is 2. The molecule has 0 radical (unpaired) electrons. The summed E-state index contributed by atoms with van der Waals surface area (Å²) in [6.45, 7) is 9.81. The Bertz CT molecular complexity index is 1250. The lowest BCUT2D eigenvalue weighted by Crippen LogP contribution is -2.33. The molecule has 0 N–H and O–H groups in total. The molecule has 33 heavy (non-hydrogen) atoms. The van der Waals surface area contributed by atoms with Crippen molar-refractivity contribution in [2.45, 2.75) is 52.9 Å². The van der Waals surface area contributed by atoms with Gasteiger partial charge in [0.15, 0.2) is 15.6 Å². The fourth-order valence-corrected chi connectivity index (χ4v) is 7.07. The summed E-state index contributed by atoms with van der Waals surface area (Å²) in [6.07, 6.45) is 2.35. The molecule has 1 amide bonds. The van der Waals surface area contributed by atoms with Gasteiger partial charge in [0.25, 0.3) is 0 Å². The first-order chi connectivity index (χ1) is 15.4. The molecular formula is C25H30N2O5S. The molecule has 1 aromatic carbocycles. The lowest BCUT2D eigenvalue weighted by atomic mass is 9.81. The molecule has 1 saturated heterocycles. The van der Waals surface area contributed by atoms with Crippen LogP contribution in [-0.4, -0.2) is 43.2 Å². The Labute approximate surface area is 195 Å². The number of benzene rings is 1. The predicted molar refractivity (Wildman–Crippen MR) is 127 cm³/mol. The van der Waals surface area contributed by atoms with Crippen LogP contribution in [0, 0.1) is 12.3 Å². The number of carbonyl (C=O) groups is 2. The number of hydrogen-bond acceptors (Lipinski definition) is 6. The van der Waals surface area contributed by atoms with E-state index in [-0.39, 0.29) is 29.6 Å². The van der Waals surface area contributed by atoms with Gasteiger partial charge in [0.1, 0.15) is 0 Å². The zero-order valence-corrected chi connectivity index (χ0v) is 20.6. The van der Waals surface area contributed by atoms with E-state index in [4.69, 9.17) is 4.74 Å². The SMILES string of the molecule is CCOc1cc(N2C(=O)C(C)(C)c3cc(C(=O)C[C@@]4(C)CCS(=O)(=O)C4)ccc32)c(C)cn1. The van der Waals surface area contributed by atoms with Crippen LogP contribution in [0.5, 0.6) is 5.88 Å². The van der Waals surface area contributed by atoms with Crippen molar-refractivity contribution in [2.75, 3.05) is 23.0 Å². The molecule has 4 rings (SSSR count). The van der Waals surface area contributed by atoms with Gasteiger partial charge in [-0.1, -0.05) is 6.92 Å². The average molecular weight is 471 g/mol. The number of amides is 1. The van der Waals surface area contributed by atoms with Crippen molar-refractivity contribution in [3.05, 3.63) is 47.2 Å². The first-order valence-electron chi connectivity index (χ1n) is 11.2. The van der Waals surface area contributed by atoms with Crippen LogP contribution in [0.3, 0.4) is 0 Å². The smallest absolute Gasteiger partial charge is 0.241 e. The first kappa shape index (κ1) is 23.4. The highest BCUT2D eigenvalue weighted by Gasteiger charge is 2.46. The summed E-state index contributed by atoms with van der Waals surface area (Å²) in [5.74, 6) is 0.430. The van der Waals surface area contributed by atoms with E-state index in [0.717, 1.165) is 16.8 Å². The van der Waals surface area contributed by atoms with Crippen molar-refractivity contribution in [1.82, 2.24) is 4.98 Å². The van der Waals surface area contributed by atoms with Crippen LogP contribution in [0.25, 0.3) is 0 Å². The number of nitrogens with zero attached hydrogens (tertiary/aromatic N) is 2. The van der Waals surface area contributed by atoms with Gasteiger partial charge in [-0.2, -0.15) is 0 Å². The van der Waals surface area contributed by atoms with Crippen molar-refractivity contribution in [3.8, 4) is 5.88 Å². The van der Waals surface area contributed by atoms with Gasteiger partial charge in [-0.25, -0.2) is 13.4 Å². The Balaban J connectivity index is 1.70. The Morgan fingerprint density at radius 3 is 2.55 bits per heavy atom. The molecule has 0 saturated carbocycles. The minimum absolute atomic E-state index is 0.0396. The normalized spacial score (nSPS) is 22.9. The molecule has 2 aliphatic heterocycles. The third-order valence-electron chi connectivity index (χ3n) is 6.73. The van der Waals surface area contributed by atoms with Gasteiger partial charge in [-0.05, 0) is 68.9 Å². The summed E-state index contributed by atoms with van der Waals surface area (Å²) >= 11 is 0. The number of hydrogen-bond donors (Lipinski definition) is 0. The number of aryl methyl sites for hydroxylation is 1. The minimum Gasteiger partial charge on any atom is -0.478 e. The van der Waals surface area contributed by atoms with Crippen LogP contribution >= 0.6 is 0 Å². The van der Waals surface area contributed by atoms with Crippen LogP contribution in [-0.2, 0) is 20.0 Å². The summed E-state index contributed by atoms with van der Waals surface area (Å²) in [5, 5.41) is 0. The Kier molecular flexibility index (Phi) is 5.63. The molecule has 1 fully saturated rings. The lowest BCUT2D eigenvalue weighted by molar-refractivity contribution is -0.121. The second-order valence-corrected chi connectivity index (χ2v) is 12.2. The number of anilines is 2. The van der Waals surface area contributed by atoms with E-state index in [1.165, 1.54) is 0 Å². The fourth-order valence-electron chi connectivity index (χ4n) is 4.82. The summed E-state index contributed by atoms with van der Waals surface area (Å²) in [5.41, 5.74) is 2.18. The number of sulfone groups is 1. The highest BCUT2D eigenvalue weighted by Crippen LogP contribution is 2.47. The number of rotatable bonds is 6. The Morgan fingerprint density at radius 1 is 1.18 bits per heavy atom. The zero-order chi connectivity index (χ0) is 24.2. The molecule has 1 atom stereocenters. The van der Waals surface area contributed by atoms with Gasteiger partial charge in [0.05, 0.1) is 34.9 Å². The summed E-state index contributed by atoms with van der Waals surface area (Å²) in [7, 11) is -3.09. The van der Waals surface area contributed by atoms with Crippen LogP contribution in [0.15, 0.2) is 30.5 Å². The van der Waals surface area contributed by atoms with Crippen molar-refractivity contribution in [1.29, 1.82) is 0 Å². The molecule has 1 aromatic heterocycles. The summed E-state index contributed by atoms with van der Waals surface area (Å²) in [6, 6.07) is 7.10. The van der Waals surface area contributed by atoms with Gasteiger partial charge < -0.3 is 4.74 Å². The quantitative estimate of drug-likeness (QED) is 0.589. The number of aromatic nitrogens is 1. The van der Waals surface area contributed by atoms with Gasteiger partial charge >= 0.3 is 0 Å². The summed E-state index contributed by atoms with van der Waals surface area (Å²) in [4.78, 5) is 32.6. The molecule has 0 bridgehead atoms. The average Bonchev–Trinajstić information content (AvgIpc) is 3.12. The van der Waals surface area contributed by atoms with Gasteiger partial charge in [-0.15, -0.1) is 0 Å². The van der Waals surface area contributed by atoms with Gasteiger partial charge in [0, 0.05) is 24.2 Å². The van der Waals surface area contributed by atoms with Crippen LogP contribution in [0.4, 0.5) is 11.4 Å². The first-order valence-corrected chi connectivity index (χ1v) is 13.0. The number of ketones is 1. The molecule has 7 nitrogen and oxygen atoms in total. The van der Waals surface area contributed by atoms with Crippen molar-refractivity contribution in [2.24, 2.45) is 5.41 Å². The van der Waals surface area contributed by atoms with Gasteiger partial charge in [-0.3, -0.25) is 14.5 Å². The number of pyridine rings is 1. The van der Waals surface area contributed by atoms with E-state index in [9.17, 15) is 18.0 Å². The molecule has 2 aliphatic rings. The minimum atomic E-state index is -3.09. The van der Waals surface area contributed by atoms with Crippen molar-refractivity contribution >= 4 is 32.9 Å². The number of ether oxygens (including phenoxy) is 1. The van der Waals surface area contributed by atoms with Gasteiger partial charge in [0.2, 0.25) is 11.8 Å². The van der Waals surface area contributed by atoms with E-state index in [0.29, 0.717) is 30.2 Å². The third-order valence-corrected chi connectivity index (χ3v) is 8.69. The Hall–Kier alpha value is -2.74. The van der Waals surface area contributed by atoms with E-state index >= 15 is 0 Å². The molecule has 0 aliphatic carbocycles. The van der Waals surface area contributed by atoms with Crippen LogP contribution in [0.1, 0.15) is 62.0 Å². The number of Topliss-reactive ketones (excluding diaryl/α,β-unsaturated/α-hetero) is 1. The topological polar surface area (TPSA) is 93.6 Å². The summed E-state index contributed by atoms with van der Waals surface area (Å²) < 4.78 is 29.4. The number of fused-ring (bicyclic) bond motifs is 1. The lowest BCUT2D eigenvalue weighted by Gasteiger charge is -2.22. The molecule has 3 heterocycles. The maximum absolute atomic E-state index is 13.5. The maximum atomic E-state index is 13.5. The monoisotopic (exact) mass is 470 g/mol. The maximum Gasteiger partial charge on any atom is 0.241 e. The largest absolute Gasteiger partial charge is 0.478 e. The molecule has 2 aromatic rings. The molecule has 176 valence electrons. The standard InChI is InChI=1S/C25H30N2O5S/c1-6-32-22-12-20(16(2)14-26-22)27-19-8-7-17(11-18(19)24(3,4)23(27)29)21(28)13-25(5)9-10-33(30,31)15-25/h7-8,11-12,14H,6,9-10,13,15H2,1-5H3/t25-/m1/s1. The van der Waals surface area contributed by atoms with Crippen LogP contribution < -0.4 is 9.64 Å². The van der Waals surface area contributed by atoms with E-state index in [1.807, 2.05) is 40.7 Å². The second-order valence-electron chi connectivity index (χ2n) is 9.99. The predicted octanol–water partition coefficient (Wildman–Crippen LogP) is 4.14. The third kappa shape index (κ3) is 4.16. The molecule has 0 spiro atoms. The highest BCUT2D eigenvalue weighted by molar-refractivity contribution is 7.91. The van der Waals surface area contributed by atoms with E-state index in [2.05, 4.69) is 4.98 Å². The zero-order valence-electron chi connectivity index (χ0n) is 19.8. The second kappa shape index (κ2) is 7.94. The van der Waals surface area contributed by atoms with Crippen LogP contribution in [0.2, 0.25) is 0 Å². The van der Waals surface area contributed by atoms with Crippen molar-refractivity contribution < 1.29 is 22.7 Å². The molecule has 8 heteroatoms. The Morgan fingerprint density at radius 2 is 1.91 bits per heavy atom. The molecular weight excluding hydrogens is 440 g/mol. The molecule has 0 unspecified atom stereocenters. The highest BCUT2D eigenvalue weighted by atomic mass is 32.2. The fraction of sp³-hybridized carbons (Fsp3) is 0.480.